The van der Waals surface area contributed by atoms with Crippen molar-refractivity contribution in [3.8, 4) is 0 Å². The summed E-state index contributed by atoms with van der Waals surface area (Å²) in [5.41, 5.74) is 1.24. The fraction of sp³-hybridized carbons (Fsp3) is 0.421. The molecule has 2 heterocycles. The summed E-state index contributed by atoms with van der Waals surface area (Å²) in [5.74, 6) is 0.352. The van der Waals surface area contributed by atoms with Gasteiger partial charge in [-0.25, -0.2) is 4.79 Å². The van der Waals surface area contributed by atoms with Crippen LogP contribution in [0.15, 0.2) is 39.9 Å². The minimum Gasteiger partial charge on any atom is -0.371 e. The molecule has 0 aliphatic carbocycles. The summed E-state index contributed by atoms with van der Waals surface area (Å²) in [6.45, 7) is 4.24. The lowest BCUT2D eigenvalue weighted by atomic mass is 10.1. The van der Waals surface area contributed by atoms with Crippen molar-refractivity contribution in [1.82, 2.24) is 15.3 Å². The number of aromatic nitrogens is 2. The van der Waals surface area contributed by atoms with Crippen LogP contribution in [0.4, 0.5) is 5.69 Å². The van der Waals surface area contributed by atoms with Crippen LogP contribution >= 0.6 is 0 Å². The van der Waals surface area contributed by atoms with Crippen molar-refractivity contribution in [3.63, 3.8) is 0 Å². The van der Waals surface area contributed by atoms with Crippen molar-refractivity contribution in [2.45, 2.75) is 26.2 Å². The number of hydrogen-bond donors (Lipinski definition) is 3. The van der Waals surface area contributed by atoms with Gasteiger partial charge in [-0.2, -0.15) is 0 Å². The van der Waals surface area contributed by atoms with E-state index >= 15 is 0 Å². The van der Waals surface area contributed by atoms with Gasteiger partial charge >= 0.3 is 5.69 Å². The van der Waals surface area contributed by atoms with E-state index in [0.29, 0.717) is 30.1 Å². The minimum atomic E-state index is -0.523. The number of carbonyl (C=O) groups excluding carboxylic acids is 1. The molecule has 3 N–H and O–H groups in total. The summed E-state index contributed by atoms with van der Waals surface area (Å²) in [4.78, 5) is 42.2. The first-order chi connectivity index (χ1) is 12.5. The van der Waals surface area contributed by atoms with Gasteiger partial charge in [-0.1, -0.05) is 18.2 Å². The molecule has 1 aromatic heterocycles. The predicted octanol–water partition coefficient (Wildman–Crippen LogP) is 0.947. The number of nitrogens with zero attached hydrogens (tertiary/aromatic N) is 1. The van der Waals surface area contributed by atoms with Crippen LogP contribution in [0, 0.1) is 12.8 Å². The SMILES string of the molecule is Cc1[nH]c(=O)[nH]c(=O)c1CCC(=O)NC[C@H]1CCN(c2ccccc2)C1. The number of benzene rings is 1. The second-order valence-corrected chi connectivity index (χ2v) is 6.75. The van der Waals surface area contributed by atoms with Crippen molar-refractivity contribution >= 4 is 11.6 Å². The lowest BCUT2D eigenvalue weighted by Gasteiger charge is -2.18. The zero-order valence-electron chi connectivity index (χ0n) is 14.9. The van der Waals surface area contributed by atoms with E-state index in [-0.39, 0.29) is 12.3 Å². The summed E-state index contributed by atoms with van der Waals surface area (Å²) >= 11 is 0. The second-order valence-electron chi connectivity index (χ2n) is 6.75. The van der Waals surface area contributed by atoms with E-state index in [1.54, 1.807) is 6.92 Å². The zero-order valence-corrected chi connectivity index (χ0v) is 14.9. The molecule has 3 rings (SSSR count). The van der Waals surface area contributed by atoms with Gasteiger partial charge in [0.2, 0.25) is 5.91 Å². The van der Waals surface area contributed by atoms with Gasteiger partial charge in [-0.05, 0) is 37.8 Å². The zero-order chi connectivity index (χ0) is 18.5. The smallest absolute Gasteiger partial charge is 0.325 e. The molecule has 0 unspecified atom stereocenters. The lowest BCUT2D eigenvalue weighted by Crippen LogP contribution is -2.32. The molecule has 7 nitrogen and oxygen atoms in total. The van der Waals surface area contributed by atoms with Crippen molar-refractivity contribution in [3.05, 3.63) is 62.4 Å². The third kappa shape index (κ3) is 4.41. The molecule has 138 valence electrons. The van der Waals surface area contributed by atoms with Crippen molar-refractivity contribution in [1.29, 1.82) is 0 Å². The van der Waals surface area contributed by atoms with E-state index in [9.17, 15) is 14.4 Å². The molecule has 1 aliphatic rings. The summed E-state index contributed by atoms with van der Waals surface area (Å²) in [5, 5.41) is 2.97. The Morgan fingerprint density at radius 2 is 2.00 bits per heavy atom. The van der Waals surface area contributed by atoms with Gasteiger partial charge < -0.3 is 15.2 Å². The highest BCUT2D eigenvalue weighted by atomic mass is 16.2. The monoisotopic (exact) mass is 356 g/mol. The molecule has 1 aromatic carbocycles. The first kappa shape index (κ1) is 18.0. The van der Waals surface area contributed by atoms with Gasteiger partial charge in [-0.15, -0.1) is 0 Å². The molecule has 0 bridgehead atoms. The maximum absolute atomic E-state index is 12.1. The van der Waals surface area contributed by atoms with Crippen LogP contribution in [-0.2, 0) is 11.2 Å². The first-order valence-corrected chi connectivity index (χ1v) is 8.91. The number of H-pyrrole nitrogens is 2. The van der Waals surface area contributed by atoms with E-state index in [4.69, 9.17) is 0 Å². The number of para-hydroxylation sites is 1. The third-order valence-electron chi connectivity index (χ3n) is 4.85. The van der Waals surface area contributed by atoms with Crippen LogP contribution in [0.3, 0.4) is 0 Å². The molecule has 0 spiro atoms. The molecule has 1 amide bonds. The molecule has 1 aliphatic heterocycles. The second kappa shape index (κ2) is 8.03. The number of carbonyl (C=O) groups is 1. The molecular formula is C19H24N4O3. The van der Waals surface area contributed by atoms with Crippen LogP contribution in [-0.4, -0.2) is 35.5 Å². The maximum Gasteiger partial charge on any atom is 0.325 e. The molecular weight excluding hydrogens is 332 g/mol. The van der Waals surface area contributed by atoms with Crippen molar-refractivity contribution in [2.75, 3.05) is 24.5 Å². The van der Waals surface area contributed by atoms with Gasteiger partial charge in [0.05, 0.1) is 0 Å². The maximum atomic E-state index is 12.1. The Labute approximate surface area is 151 Å². The fourth-order valence-electron chi connectivity index (χ4n) is 3.38. The number of aromatic amines is 2. The number of aryl methyl sites for hydroxylation is 1. The summed E-state index contributed by atoms with van der Waals surface area (Å²) in [6, 6.07) is 10.3. The number of hydrogen-bond acceptors (Lipinski definition) is 4. The standard InChI is InChI=1S/C19H24N4O3/c1-13-16(18(25)22-19(26)21-13)7-8-17(24)20-11-14-9-10-23(12-14)15-5-3-2-4-6-15/h2-6,14H,7-12H2,1H3,(H,20,24)(H2,21,22,25,26)/t14-/m1/s1. The molecule has 0 radical (unpaired) electrons. The van der Waals surface area contributed by atoms with Crippen LogP contribution in [0.1, 0.15) is 24.1 Å². The average Bonchev–Trinajstić information content (AvgIpc) is 3.09. The van der Waals surface area contributed by atoms with Crippen molar-refractivity contribution < 1.29 is 4.79 Å². The van der Waals surface area contributed by atoms with Crippen LogP contribution < -0.4 is 21.5 Å². The van der Waals surface area contributed by atoms with E-state index in [1.807, 2.05) is 18.2 Å². The van der Waals surface area contributed by atoms with E-state index < -0.39 is 11.2 Å². The van der Waals surface area contributed by atoms with Gasteiger partial charge in [-0.3, -0.25) is 14.6 Å². The third-order valence-corrected chi connectivity index (χ3v) is 4.85. The lowest BCUT2D eigenvalue weighted by molar-refractivity contribution is -0.121. The largest absolute Gasteiger partial charge is 0.371 e. The van der Waals surface area contributed by atoms with Crippen LogP contribution in [0.2, 0.25) is 0 Å². The molecule has 1 saturated heterocycles. The number of amides is 1. The summed E-state index contributed by atoms with van der Waals surface area (Å²) in [6.07, 6.45) is 1.59. The molecule has 0 saturated carbocycles. The van der Waals surface area contributed by atoms with Gasteiger partial charge in [0.1, 0.15) is 0 Å². The molecule has 26 heavy (non-hydrogen) atoms. The van der Waals surface area contributed by atoms with Gasteiger partial charge in [0.15, 0.2) is 0 Å². The van der Waals surface area contributed by atoms with Crippen LogP contribution in [0.25, 0.3) is 0 Å². The molecule has 7 heteroatoms. The minimum absolute atomic E-state index is 0.0758. The normalized spacial score (nSPS) is 16.7. The fourth-order valence-corrected chi connectivity index (χ4v) is 3.38. The highest BCUT2D eigenvalue weighted by Gasteiger charge is 2.23. The highest BCUT2D eigenvalue weighted by molar-refractivity contribution is 5.76. The highest BCUT2D eigenvalue weighted by Crippen LogP contribution is 2.22. The van der Waals surface area contributed by atoms with Crippen LogP contribution in [0.5, 0.6) is 0 Å². The Hall–Kier alpha value is -2.83. The summed E-state index contributed by atoms with van der Waals surface area (Å²) in [7, 11) is 0. The number of rotatable bonds is 6. The molecule has 2 aromatic rings. The number of nitrogens with one attached hydrogen (secondary N) is 3. The topological polar surface area (TPSA) is 98.1 Å². The summed E-state index contributed by atoms with van der Waals surface area (Å²) < 4.78 is 0. The Bertz CT molecular complexity index is 872. The Morgan fingerprint density at radius 3 is 2.73 bits per heavy atom. The Morgan fingerprint density at radius 1 is 1.23 bits per heavy atom. The van der Waals surface area contributed by atoms with E-state index in [0.717, 1.165) is 19.5 Å². The Kier molecular flexibility index (Phi) is 5.55. The van der Waals surface area contributed by atoms with Gasteiger partial charge in [0.25, 0.3) is 5.56 Å². The molecule has 1 fully saturated rings. The predicted molar refractivity (Wildman–Crippen MR) is 101 cm³/mol. The van der Waals surface area contributed by atoms with Gasteiger partial charge in [0, 0.05) is 43.0 Å². The van der Waals surface area contributed by atoms with E-state index in [1.165, 1.54) is 5.69 Å². The number of anilines is 1. The Balaban J connectivity index is 1.45. The molecule has 1 atom stereocenters. The van der Waals surface area contributed by atoms with Crippen molar-refractivity contribution in [2.24, 2.45) is 5.92 Å². The quantitative estimate of drug-likeness (QED) is 0.718. The first-order valence-electron chi connectivity index (χ1n) is 8.91. The van der Waals surface area contributed by atoms with E-state index in [2.05, 4.69) is 32.3 Å². The average molecular weight is 356 g/mol.